The number of hydrogen-bond donors (Lipinski definition) is 2. The van der Waals surface area contributed by atoms with E-state index in [1.165, 1.54) is 0 Å². The summed E-state index contributed by atoms with van der Waals surface area (Å²) in [6.45, 7) is 5.18. The van der Waals surface area contributed by atoms with Crippen molar-refractivity contribution in [1.82, 2.24) is 0 Å². The van der Waals surface area contributed by atoms with Crippen LogP contribution in [0.15, 0.2) is 18.2 Å². The molecule has 4 heteroatoms. The van der Waals surface area contributed by atoms with Crippen molar-refractivity contribution in [2.24, 2.45) is 5.92 Å². The molecule has 0 amide bonds. The minimum atomic E-state index is -0.00259. The summed E-state index contributed by atoms with van der Waals surface area (Å²) in [5.74, 6) is 1.35. The number of hydrogen-bond acceptors (Lipinski definition) is 4. The molecule has 0 aromatic heterocycles. The molecule has 0 spiro atoms. The molecule has 1 aromatic carbocycles. The van der Waals surface area contributed by atoms with E-state index in [-0.39, 0.29) is 6.61 Å². The largest absolute Gasteiger partial charge is 0.494 e. The van der Waals surface area contributed by atoms with Gasteiger partial charge in [-0.1, -0.05) is 0 Å². The molecule has 4 nitrogen and oxygen atoms in total. The Hall–Kier alpha value is -1.26. The van der Waals surface area contributed by atoms with Crippen LogP contribution in [0.4, 0.5) is 5.69 Å². The molecule has 2 rings (SSSR count). The van der Waals surface area contributed by atoms with Crippen LogP contribution < -0.4 is 10.1 Å². The highest BCUT2D eigenvalue weighted by molar-refractivity contribution is 5.51. The van der Waals surface area contributed by atoms with Crippen molar-refractivity contribution in [3.63, 3.8) is 0 Å². The molecule has 1 aromatic rings. The normalized spacial score (nSPS) is 18.9. The average molecular weight is 251 g/mol. The summed E-state index contributed by atoms with van der Waals surface area (Å²) in [5, 5.41) is 12.7. The zero-order chi connectivity index (χ0) is 12.8. The van der Waals surface area contributed by atoms with Crippen molar-refractivity contribution < 1.29 is 14.6 Å². The highest BCUT2D eigenvalue weighted by atomic mass is 16.5. The third-order valence-corrected chi connectivity index (χ3v) is 3.15. The van der Waals surface area contributed by atoms with E-state index in [4.69, 9.17) is 9.47 Å². The molecule has 0 aliphatic carbocycles. The lowest BCUT2D eigenvalue weighted by molar-refractivity contribution is 0.187. The number of rotatable bonds is 6. The number of anilines is 1. The number of aliphatic hydroxyl groups is 1. The first-order chi connectivity index (χ1) is 8.83. The standard InChI is InChI=1S/C14H21NO3/c1-2-18-14-4-3-13(7-12(14)9-16)15-8-11-5-6-17-10-11/h3-4,7,11,15-16H,2,5-6,8-10H2,1H3. The van der Waals surface area contributed by atoms with E-state index in [0.29, 0.717) is 12.5 Å². The smallest absolute Gasteiger partial charge is 0.124 e. The lowest BCUT2D eigenvalue weighted by atomic mass is 10.1. The Labute approximate surface area is 108 Å². The SMILES string of the molecule is CCOc1ccc(NCC2CCOC2)cc1CO. The Morgan fingerprint density at radius 2 is 2.39 bits per heavy atom. The van der Waals surface area contributed by atoms with Crippen LogP contribution in [0.2, 0.25) is 0 Å². The van der Waals surface area contributed by atoms with Crippen LogP contribution in [-0.2, 0) is 11.3 Å². The fraction of sp³-hybridized carbons (Fsp3) is 0.571. The maximum atomic E-state index is 9.32. The fourth-order valence-electron chi connectivity index (χ4n) is 2.12. The van der Waals surface area contributed by atoms with Gasteiger partial charge >= 0.3 is 0 Å². The van der Waals surface area contributed by atoms with E-state index >= 15 is 0 Å². The summed E-state index contributed by atoms with van der Waals surface area (Å²) in [4.78, 5) is 0. The quantitative estimate of drug-likeness (QED) is 0.812. The molecule has 0 bridgehead atoms. The Morgan fingerprint density at radius 3 is 3.06 bits per heavy atom. The van der Waals surface area contributed by atoms with Crippen molar-refractivity contribution >= 4 is 5.69 Å². The van der Waals surface area contributed by atoms with Gasteiger partial charge in [0, 0.05) is 30.3 Å². The Balaban J connectivity index is 1.95. The van der Waals surface area contributed by atoms with Gasteiger partial charge in [0.2, 0.25) is 0 Å². The Bertz CT molecular complexity index is 375. The van der Waals surface area contributed by atoms with Gasteiger partial charge in [0.05, 0.1) is 19.8 Å². The summed E-state index contributed by atoms with van der Waals surface area (Å²) < 4.78 is 10.8. The lowest BCUT2D eigenvalue weighted by Gasteiger charge is -2.14. The monoisotopic (exact) mass is 251 g/mol. The number of ether oxygens (including phenoxy) is 2. The minimum absolute atomic E-state index is 0.00259. The van der Waals surface area contributed by atoms with Crippen LogP contribution in [0.1, 0.15) is 18.9 Å². The molecule has 1 unspecified atom stereocenters. The molecule has 1 atom stereocenters. The first-order valence-electron chi connectivity index (χ1n) is 6.51. The van der Waals surface area contributed by atoms with E-state index in [9.17, 15) is 5.11 Å². The molecule has 1 saturated heterocycles. The van der Waals surface area contributed by atoms with Crippen LogP contribution in [0.3, 0.4) is 0 Å². The number of nitrogens with one attached hydrogen (secondary N) is 1. The Morgan fingerprint density at radius 1 is 1.50 bits per heavy atom. The van der Waals surface area contributed by atoms with E-state index in [0.717, 1.165) is 43.2 Å². The van der Waals surface area contributed by atoms with Crippen LogP contribution >= 0.6 is 0 Å². The second kappa shape index (κ2) is 6.61. The zero-order valence-electron chi connectivity index (χ0n) is 10.8. The third-order valence-electron chi connectivity index (χ3n) is 3.15. The first kappa shape index (κ1) is 13.2. The predicted molar refractivity (Wildman–Crippen MR) is 70.9 cm³/mol. The molecule has 100 valence electrons. The van der Waals surface area contributed by atoms with Crippen molar-refractivity contribution in [2.75, 3.05) is 31.7 Å². The third kappa shape index (κ3) is 3.37. The second-order valence-corrected chi connectivity index (χ2v) is 4.52. The highest BCUT2D eigenvalue weighted by Crippen LogP contribution is 2.23. The van der Waals surface area contributed by atoms with Gasteiger partial charge in [-0.15, -0.1) is 0 Å². The summed E-state index contributed by atoms with van der Waals surface area (Å²) in [6, 6.07) is 5.84. The predicted octanol–water partition coefficient (Wildman–Crippen LogP) is 2.03. The summed E-state index contributed by atoms with van der Waals surface area (Å²) in [7, 11) is 0. The van der Waals surface area contributed by atoms with Gasteiger partial charge in [0.1, 0.15) is 5.75 Å². The molecule has 2 N–H and O–H groups in total. The van der Waals surface area contributed by atoms with Crippen molar-refractivity contribution in [1.29, 1.82) is 0 Å². The van der Waals surface area contributed by atoms with Crippen LogP contribution in [0, 0.1) is 5.92 Å². The minimum Gasteiger partial charge on any atom is -0.494 e. The molecule has 1 heterocycles. The van der Waals surface area contributed by atoms with E-state index in [1.807, 2.05) is 25.1 Å². The van der Waals surface area contributed by atoms with Gasteiger partial charge in [0.25, 0.3) is 0 Å². The van der Waals surface area contributed by atoms with E-state index in [2.05, 4.69) is 5.32 Å². The van der Waals surface area contributed by atoms with Crippen molar-refractivity contribution in [3.05, 3.63) is 23.8 Å². The molecular formula is C14H21NO3. The van der Waals surface area contributed by atoms with E-state index < -0.39 is 0 Å². The van der Waals surface area contributed by atoms with Gasteiger partial charge in [-0.25, -0.2) is 0 Å². The topological polar surface area (TPSA) is 50.7 Å². The lowest BCUT2D eigenvalue weighted by Crippen LogP contribution is -2.14. The Kier molecular flexibility index (Phi) is 4.84. The molecule has 1 aliphatic heterocycles. The van der Waals surface area contributed by atoms with Crippen LogP contribution in [-0.4, -0.2) is 31.5 Å². The molecule has 1 fully saturated rings. The summed E-state index contributed by atoms with van der Waals surface area (Å²) in [6.07, 6.45) is 1.12. The average Bonchev–Trinajstić information content (AvgIpc) is 2.91. The number of benzene rings is 1. The van der Waals surface area contributed by atoms with Gasteiger partial charge in [-0.2, -0.15) is 0 Å². The maximum absolute atomic E-state index is 9.32. The first-order valence-corrected chi connectivity index (χ1v) is 6.51. The van der Waals surface area contributed by atoms with Gasteiger partial charge in [-0.05, 0) is 31.5 Å². The zero-order valence-corrected chi connectivity index (χ0v) is 10.8. The van der Waals surface area contributed by atoms with E-state index in [1.54, 1.807) is 0 Å². The van der Waals surface area contributed by atoms with Crippen LogP contribution in [0.5, 0.6) is 5.75 Å². The van der Waals surface area contributed by atoms with Crippen LogP contribution in [0.25, 0.3) is 0 Å². The highest BCUT2D eigenvalue weighted by Gasteiger charge is 2.15. The van der Waals surface area contributed by atoms with Gasteiger partial charge in [0.15, 0.2) is 0 Å². The number of aliphatic hydroxyl groups excluding tert-OH is 1. The second-order valence-electron chi connectivity index (χ2n) is 4.52. The maximum Gasteiger partial charge on any atom is 0.124 e. The molecule has 0 saturated carbocycles. The van der Waals surface area contributed by atoms with Gasteiger partial charge < -0.3 is 19.9 Å². The van der Waals surface area contributed by atoms with Gasteiger partial charge in [-0.3, -0.25) is 0 Å². The molecule has 1 aliphatic rings. The van der Waals surface area contributed by atoms with Crippen molar-refractivity contribution in [3.8, 4) is 5.75 Å². The fourth-order valence-corrected chi connectivity index (χ4v) is 2.12. The molecular weight excluding hydrogens is 230 g/mol. The summed E-state index contributed by atoms with van der Waals surface area (Å²) in [5.41, 5.74) is 1.85. The van der Waals surface area contributed by atoms with Crippen molar-refractivity contribution in [2.45, 2.75) is 20.0 Å². The molecule has 0 radical (unpaired) electrons. The summed E-state index contributed by atoms with van der Waals surface area (Å²) >= 11 is 0. The molecule has 18 heavy (non-hydrogen) atoms.